The van der Waals surface area contributed by atoms with E-state index in [0.717, 1.165) is 5.56 Å². The molecule has 30 heavy (non-hydrogen) atoms. The summed E-state index contributed by atoms with van der Waals surface area (Å²) in [5.74, 6) is -0.787. The number of nitrogens with zero attached hydrogens (tertiary/aromatic N) is 1. The van der Waals surface area contributed by atoms with Gasteiger partial charge in [0.2, 0.25) is 11.7 Å². The smallest absolute Gasteiger partial charge is 0.311 e. The van der Waals surface area contributed by atoms with Crippen LogP contribution in [0.15, 0.2) is 48.5 Å². The third-order valence-corrected chi connectivity index (χ3v) is 5.29. The average molecular weight is 411 g/mol. The summed E-state index contributed by atoms with van der Waals surface area (Å²) in [4.78, 5) is 39.2. The van der Waals surface area contributed by atoms with Gasteiger partial charge in [-0.2, -0.15) is 0 Å². The summed E-state index contributed by atoms with van der Waals surface area (Å²) in [7, 11) is 2.95. The van der Waals surface area contributed by atoms with E-state index in [1.54, 1.807) is 17.0 Å². The van der Waals surface area contributed by atoms with Crippen molar-refractivity contribution in [1.82, 2.24) is 4.90 Å². The van der Waals surface area contributed by atoms with Crippen molar-refractivity contribution >= 4 is 17.7 Å². The largest absolute Gasteiger partial charge is 0.497 e. The van der Waals surface area contributed by atoms with Crippen molar-refractivity contribution in [3.05, 3.63) is 59.7 Å². The third-order valence-electron chi connectivity index (χ3n) is 5.29. The molecule has 0 N–H and O–H groups in total. The summed E-state index contributed by atoms with van der Waals surface area (Å²) in [6, 6.07) is 14.3. The summed E-state index contributed by atoms with van der Waals surface area (Å²) in [5, 5.41) is 0. The lowest BCUT2D eigenvalue weighted by Crippen LogP contribution is -2.30. The Hall–Kier alpha value is -3.35. The first-order chi connectivity index (χ1) is 14.4. The number of methoxy groups -OCH3 is 2. The van der Waals surface area contributed by atoms with Gasteiger partial charge in [-0.25, -0.2) is 0 Å². The van der Waals surface area contributed by atoms with E-state index < -0.39 is 24.3 Å². The summed E-state index contributed by atoms with van der Waals surface area (Å²) in [6.45, 7) is 1.77. The molecular formula is C23H25NO6. The summed E-state index contributed by atoms with van der Waals surface area (Å²) in [6.07, 6.45) is 0.0761. The lowest BCUT2D eigenvalue weighted by atomic mass is 10.1. The maximum atomic E-state index is 12.5. The molecule has 0 aliphatic carbocycles. The summed E-state index contributed by atoms with van der Waals surface area (Å²) >= 11 is 0. The molecule has 2 aromatic rings. The molecule has 0 radical (unpaired) electrons. The number of benzene rings is 2. The van der Waals surface area contributed by atoms with Gasteiger partial charge in [0, 0.05) is 13.0 Å². The standard InChI is InChI=1S/C23H25NO6/c1-15(16-7-5-4-6-8-16)24-13-17(11-22(24)26)23(27)30-14-20(25)19-12-18(28-2)9-10-21(19)29-3/h4-10,12,15,17H,11,13-14H2,1-3H3/t15-,17+/m0/s1. The van der Waals surface area contributed by atoms with Crippen molar-refractivity contribution in [3.8, 4) is 11.5 Å². The average Bonchev–Trinajstić information content (AvgIpc) is 3.18. The SMILES string of the molecule is COc1ccc(OC)c(C(=O)COC(=O)[C@@H]2CC(=O)N([C@@H](C)c3ccccc3)C2)c1. The van der Waals surface area contributed by atoms with Gasteiger partial charge in [0.25, 0.3) is 0 Å². The van der Waals surface area contributed by atoms with Crippen LogP contribution in [0.1, 0.15) is 35.3 Å². The van der Waals surface area contributed by atoms with E-state index >= 15 is 0 Å². The molecule has 0 bridgehead atoms. The Labute approximate surface area is 175 Å². The van der Waals surface area contributed by atoms with Crippen LogP contribution in [-0.4, -0.2) is 49.9 Å². The van der Waals surface area contributed by atoms with Crippen LogP contribution in [0, 0.1) is 5.92 Å². The Balaban J connectivity index is 1.60. The molecular weight excluding hydrogens is 386 g/mol. The highest BCUT2D eigenvalue weighted by Gasteiger charge is 2.38. The lowest BCUT2D eigenvalue weighted by molar-refractivity contribution is -0.147. The monoisotopic (exact) mass is 411 g/mol. The highest BCUT2D eigenvalue weighted by atomic mass is 16.5. The van der Waals surface area contributed by atoms with Gasteiger partial charge in [-0.15, -0.1) is 0 Å². The number of hydrogen-bond donors (Lipinski definition) is 0. The Kier molecular flexibility index (Phi) is 6.72. The van der Waals surface area contributed by atoms with Crippen LogP contribution < -0.4 is 9.47 Å². The van der Waals surface area contributed by atoms with Crippen LogP contribution in [0.4, 0.5) is 0 Å². The number of carbonyl (C=O) groups excluding carboxylic acids is 3. The Morgan fingerprint density at radius 2 is 1.83 bits per heavy atom. The molecule has 1 saturated heterocycles. The fourth-order valence-electron chi connectivity index (χ4n) is 3.54. The van der Waals surface area contributed by atoms with Gasteiger partial charge in [-0.05, 0) is 30.7 Å². The van der Waals surface area contributed by atoms with Gasteiger partial charge in [-0.3, -0.25) is 14.4 Å². The van der Waals surface area contributed by atoms with Crippen molar-refractivity contribution in [2.45, 2.75) is 19.4 Å². The van der Waals surface area contributed by atoms with E-state index in [-0.39, 0.29) is 30.5 Å². The minimum atomic E-state index is -0.594. The van der Waals surface area contributed by atoms with E-state index in [1.807, 2.05) is 37.3 Å². The van der Waals surface area contributed by atoms with E-state index in [4.69, 9.17) is 14.2 Å². The Morgan fingerprint density at radius 1 is 1.10 bits per heavy atom. The molecule has 158 valence electrons. The molecule has 3 rings (SSSR count). The number of ether oxygens (including phenoxy) is 3. The number of hydrogen-bond acceptors (Lipinski definition) is 6. The number of likely N-dealkylation sites (tertiary alicyclic amines) is 1. The lowest BCUT2D eigenvalue weighted by Gasteiger charge is -2.25. The summed E-state index contributed by atoms with van der Waals surface area (Å²) in [5.41, 5.74) is 1.27. The minimum Gasteiger partial charge on any atom is -0.497 e. The van der Waals surface area contributed by atoms with Crippen LogP contribution in [-0.2, 0) is 14.3 Å². The number of carbonyl (C=O) groups is 3. The Morgan fingerprint density at radius 3 is 2.50 bits per heavy atom. The second-order valence-electron chi connectivity index (χ2n) is 7.13. The molecule has 2 atom stereocenters. The van der Waals surface area contributed by atoms with Crippen molar-refractivity contribution < 1.29 is 28.6 Å². The van der Waals surface area contributed by atoms with E-state index in [0.29, 0.717) is 11.5 Å². The molecule has 0 spiro atoms. The maximum absolute atomic E-state index is 12.5. The normalized spacial score (nSPS) is 16.8. The number of ketones is 1. The van der Waals surface area contributed by atoms with Crippen LogP contribution in [0.3, 0.4) is 0 Å². The minimum absolute atomic E-state index is 0.0761. The number of esters is 1. The predicted octanol–water partition coefficient (Wildman–Crippen LogP) is 3.04. The molecule has 0 aromatic heterocycles. The van der Waals surface area contributed by atoms with Crippen LogP contribution in [0.25, 0.3) is 0 Å². The first-order valence-corrected chi connectivity index (χ1v) is 9.70. The van der Waals surface area contributed by atoms with Crippen LogP contribution >= 0.6 is 0 Å². The number of amides is 1. The maximum Gasteiger partial charge on any atom is 0.311 e. The van der Waals surface area contributed by atoms with Crippen molar-refractivity contribution in [2.24, 2.45) is 5.92 Å². The van der Waals surface area contributed by atoms with Crippen molar-refractivity contribution in [2.75, 3.05) is 27.4 Å². The third kappa shape index (κ3) is 4.62. The van der Waals surface area contributed by atoms with Gasteiger partial charge >= 0.3 is 5.97 Å². The van der Waals surface area contributed by atoms with E-state index in [9.17, 15) is 14.4 Å². The van der Waals surface area contributed by atoms with Gasteiger partial charge in [0.15, 0.2) is 6.61 Å². The van der Waals surface area contributed by atoms with E-state index in [2.05, 4.69) is 0 Å². The fraction of sp³-hybridized carbons (Fsp3) is 0.348. The number of Topliss-reactive ketones (excluding diaryl/α,β-unsaturated/α-hetero) is 1. The van der Waals surface area contributed by atoms with E-state index in [1.165, 1.54) is 20.3 Å². The second kappa shape index (κ2) is 9.43. The second-order valence-corrected chi connectivity index (χ2v) is 7.13. The molecule has 7 nitrogen and oxygen atoms in total. The van der Waals surface area contributed by atoms with Crippen LogP contribution in [0.5, 0.6) is 11.5 Å². The molecule has 2 aromatic carbocycles. The molecule has 1 aliphatic heterocycles. The topological polar surface area (TPSA) is 82.1 Å². The molecule has 7 heteroatoms. The molecule has 0 unspecified atom stereocenters. The van der Waals surface area contributed by atoms with Gasteiger partial charge in [0.05, 0.1) is 31.7 Å². The number of rotatable bonds is 8. The first kappa shape index (κ1) is 21.4. The fourth-order valence-corrected chi connectivity index (χ4v) is 3.54. The molecule has 1 amide bonds. The van der Waals surface area contributed by atoms with Crippen molar-refractivity contribution in [3.63, 3.8) is 0 Å². The highest BCUT2D eigenvalue weighted by molar-refractivity contribution is 6.01. The molecule has 1 heterocycles. The van der Waals surface area contributed by atoms with Crippen molar-refractivity contribution in [1.29, 1.82) is 0 Å². The molecule has 1 fully saturated rings. The van der Waals surface area contributed by atoms with Crippen LogP contribution in [0.2, 0.25) is 0 Å². The highest BCUT2D eigenvalue weighted by Crippen LogP contribution is 2.29. The zero-order chi connectivity index (χ0) is 21.7. The Bertz CT molecular complexity index is 927. The zero-order valence-electron chi connectivity index (χ0n) is 17.3. The zero-order valence-corrected chi connectivity index (χ0v) is 17.3. The van der Waals surface area contributed by atoms with Gasteiger partial charge in [-0.1, -0.05) is 30.3 Å². The van der Waals surface area contributed by atoms with Gasteiger partial charge in [0.1, 0.15) is 11.5 Å². The van der Waals surface area contributed by atoms with Gasteiger partial charge < -0.3 is 19.1 Å². The predicted molar refractivity (Wildman–Crippen MR) is 110 cm³/mol. The first-order valence-electron chi connectivity index (χ1n) is 9.70. The quantitative estimate of drug-likeness (QED) is 0.491. The molecule has 1 aliphatic rings. The molecule has 0 saturated carbocycles. The summed E-state index contributed by atoms with van der Waals surface area (Å²) < 4.78 is 15.6.